The van der Waals surface area contributed by atoms with E-state index < -0.39 is 8.07 Å². The molecule has 0 fully saturated rings. The van der Waals surface area contributed by atoms with Crippen LogP contribution in [-0.4, -0.2) is 20.8 Å². The highest BCUT2D eigenvalue weighted by molar-refractivity contribution is 7.18. The first kappa shape index (κ1) is 18.9. The molecule has 4 heteroatoms. The Balaban J connectivity index is 1.78. The van der Waals surface area contributed by atoms with Gasteiger partial charge in [0.15, 0.2) is 0 Å². The fourth-order valence-electron chi connectivity index (χ4n) is 3.06. The number of aryl methyl sites for hydroxylation is 1. The van der Waals surface area contributed by atoms with Gasteiger partial charge in [0.1, 0.15) is 11.7 Å². The van der Waals surface area contributed by atoms with E-state index in [0.717, 1.165) is 0 Å². The summed E-state index contributed by atoms with van der Waals surface area (Å²) < 4.78 is 3.58. The van der Waals surface area contributed by atoms with E-state index in [9.17, 15) is 0 Å². The maximum Gasteiger partial charge on any atom is 0.262 e. The van der Waals surface area contributed by atoms with Crippen LogP contribution in [0.15, 0.2) is 48.5 Å². The molecule has 3 rings (SSSR count). The molecule has 0 aliphatic heterocycles. The Hall–Kier alpha value is -1.91. The van der Waals surface area contributed by atoms with Gasteiger partial charge in [-0.25, -0.2) is 0 Å². The number of hydrogen-bond acceptors (Lipinski definition) is 2. The second-order valence-corrected chi connectivity index (χ2v) is 14.7. The minimum Gasteiger partial charge on any atom is -0.375 e. The molecule has 26 heavy (non-hydrogen) atoms. The number of nitrogens with zero attached hydrogens (tertiary/aromatic N) is 2. The largest absolute Gasteiger partial charge is 0.375 e. The first-order chi connectivity index (χ1) is 12.3. The van der Waals surface area contributed by atoms with E-state index >= 15 is 0 Å². The summed E-state index contributed by atoms with van der Waals surface area (Å²) in [6.45, 7) is 9.63. The van der Waals surface area contributed by atoms with Gasteiger partial charge < -0.3 is 4.90 Å². The fraction of sp³-hybridized carbons (Fsp3) is 0.318. The van der Waals surface area contributed by atoms with Gasteiger partial charge in [-0.15, -0.1) is 0 Å². The minimum absolute atomic E-state index is 0.612. The summed E-state index contributed by atoms with van der Waals surface area (Å²) in [7, 11) is 3.16. The average Bonchev–Trinajstić information content (AvgIpc) is 2.95. The molecule has 1 aromatic heterocycles. The summed E-state index contributed by atoms with van der Waals surface area (Å²) in [4.78, 5) is 2.42. The molecule has 136 valence electrons. The van der Waals surface area contributed by atoms with E-state index in [1.165, 1.54) is 26.5 Å². The van der Waals surface area contributed by atoms with Crippen LogP contribution in [0.2, 0.25) is 19.6 Å². The van der Waals surface area contributed by atoms with Crippen LogP contribution >= 0.6 is 11.3 Å². The second kappa shape index (κ2) is 7.37. The van der Waals surface area contributed by atoms with Crippen molar-refractivity contribution < 1.29 is 4.57 Å². The molecule has 1 unspecified atom stereocenters. The summed E-state index contributed by atoms with van der Waals surface area (Å²) in [6, 6.07) is 17.5. The van der Waals surface area contributed by atoms with Gasteiger partial charge in [0.2, 0.25) is 5.52 Å². The topological polar surface area (TPSA) is 7.12 Å². The molecule has 0 bridgehead atoms. The van der Waals surface area contributed by atoms with Crippen LogP contribution in [0.5, 0.6) is 0 Å². The Kier molecular flexibility index (Phi) is 5.35. The summed E-state index contributed by atoms with van der Waals surface area (Å²) >= 11 is 1.83. The molecule has 0 saturated carbocycles. The van der Waals surface area contributed by atoms with Gasteiger partial charge in [0.05, 0.1) is 8.07 Å². The molecule has 3 aromatic rings. The lowest BCUT2D eigenvalue weighted by molar-refractivity contribution is -0.642. The highest BCUT2D eigenvalue weighted by atomic mass is 32.1. The summed E-state index contributed by atoms with van der Waals surface area (Å²) in [5.74, 6) is 0. The smallest absolute Gasteiger partial charge is 0.262 e. The maximum atomic E-state index is 2.43. The van der Waals surface area contributed by atoms with Gasteiger partial charge >= 0.3 is 0 Å². The monoisotopic (exact) mass is 381 g/mol. The first-order valence-electron chi connectivity index (χ1n) is 9.16. The van der Waals surface area contributed by atoms with Crippen LogP contribution in [-0.2, 0) is 7.05 Å². The second-order valence-electron chi connectivity index (χ2n) is 8.04. The SMILES string of the molecule is CC(N(C)c1ccc(C=Cc2sc3ccccc3[n+]2C)cc1)[Si](C)(C)C. The van der Waals surface area contributed by atoms with E-state index in [-0.39, 0.29) is 0 Å². The van der Waals surface area contributed by atoms with E-state index in [4.69, 9.17) is 0 Å². The van der Waals surface area contributed by atoms with Crippen molar-refractivity contribution >= 4 is 47.5 Å². The number of fused-ring (bicyclic) bond motifs is 1. The molecular formula is C22H29N2SSi+. The fourth-order valence-corrected chi connectivity index (χ4v) is 5.42. The highest BCUT2D eigenvalue weighted by Crippen LogP contribution is 2.23. The number of para-hydroxylation sites is 1. The third kappa shape index (κ3) is 3.91. The standard InChI is InChI=1S/C22H29N2SSi/c1-17(26(4,5)6)23(2)19-14-11-18(12-15-19)13-16-22-24(3)20-9-7-8-10-21(20)25-22/h7-17H,1-6H3/q+1. The van der Waals surface area contributed by atoms with Gasteiger partial charge in [0.25, 0.3) is 5.01 Å². The van der Waals surface area contributed by atoms with Crippen LogP contribution in [0.1, 0.15) is 17.5 Å². The molecular weight excluding hydrogens is 352 g/mol. The molecule has 0 spiro atoms. The highest BCUT2D eigenvalue weighted by Gasteiger charge is 2.26. The van der Waals surface area contributed by atoms with Gasteiger partial charge in [-0.3, -0.25) is 0 Å². The van der Waals surface area contributed by atoms with E-state index in [1.54, 1.807) is 0 Å². The number of aromatic nitrogens is 1. The van der Waals surface area contributed by atoms with Crippen molar-refractivity contribution in [3.05, 3.63) is 59.1 Å². The van der Waals surface area contributed by atoms with Gasteiger partial charge in [0, 0.05) is 30.5 Å². The summed E-state index contributed by atoms with van der Waals surface area (Å²) in [6.07, 6.45) is 4.42. The Morgan fingerprint density at radius 3 is 2.27 bits per heavy atom. The van der Waals surface area contributed by atoms with Crippen LogP contribution in [0.4, 0.5) is 5.69 Å². The molecule has 0 amide bonds. The van der Waals surface area contributed by atoms with E-state index in [2.05, 4.69) is 111 Å². The lowest BCUT2D eigenvalue weighted by atomic mass is 10.2. The lowest BCUT2D eigenvalue weighted by Crippen LogP contribution is -2.47. The van der Waals surface area contributed by atoms with Crippen molar-refractivity contribution in [3.63, 3.8) is 0 Å². The van der Waals surface area contributed by atoms with Crippen LogP contribution in [0.25, 0.3) is 22.4 Å². The van der Waals surface area contributed by atoms with Gasteiger partial charge in [-0.1, -0.05) is 55.2 Å². The van der Waals surface area contributed by atoms with Crippen molar-refractivity contribution in [1.29, 1.82) is 0 Å². The van der Waals surface area contributed by atoms with Gasteiger partial charge in [-0.05, 0) is 36.8 Å². The van der Waals surface area contributed by atoms with Crippen molar-refractivity contribution in [2.45, 2.75) is 32.2 Å². The van der Waals surface area contributed by atoms with Crippen LogP contribution in [0, 0.1) is 0 Å². The minimum atomic E-state index is -1.19. The summed E-state index contributed by atoms with van der Waals surface area (Å²) in [5.41, 5.74) is 4.43. The number of benzene rings is 2. The molecule has 0 saturated heterocycles. The number of hydrogen-bond donors (Lipinski definition) is 0. The molecule has 2 nitrogen and oxygen atoms in total. The summed E-state index contributed by atoms with van der Waals surface area (Å²) in [5, 5.41) is 1.26. The lowest BCUT2D eigenvalue weighted by Gasteiger charge is -2.35. The number of anilines is 1. The number of rotatable bonds is 5. The zero-order valence-electron chi connectivity index (χ0n) is 16.7. The zero-order valence-corrected chi connectivity index (χ0v) is 18.5. The van der Waals surface area contributed by atoms with Gasteiger partial charge in [-0.2, -0.15) is 4.57 Å². The van der Waals surface area contributed by atoms with Crippen LogP contribution < -0.4 is 9.47 Å². The predicted octanol–water partition coefficient (Wildman–Crippen LogP) is 5.60. The van der Waals surface area contributed by atoms with Crippen molar-refractivity contribution in [1.82, 2.24) is 0 Å². The molecule has 2 aromatic carbocycles. The van der Waals surface area contributed by atoms with E-state index in [0.29, 0.717) is 5.67 Å². The Labute approximate surface area is 162 Å². The molecule has 0 aliphatic carbocycles. The van der Waals surface area contributed by atoms with Crippen LogP contribution in [0.3, 0.4) is 0 Å². The quantitative estimate of drug-likeness (QED) is 0.412. The third-order valence-electron chi connectivity index (χ3n) is 5.32. The Morgan fingerprint density at radius 1 is 1.00 bits per heavy atom. The third-order valence-corrected chi connectivity index (χ3v) is 9.40. The molecule has 1 heterocycles. The maximum absolute atomic E-state index is 2.43. The van der Waals surface area contributed by atoms with Crippen molar-refractivity contribution in [3.8, 4) is 0 Å². The van der Waals surface area contributed by atoms with E-state index in [1.807, 2.05) is 11.3 Å². The van der Waals surface area contributed by atoms with Crippen molar-refractivity contribution in [2.75, 3.05) is 11.9 Å². The predicted molar refractivity (Wildman–Crippen MR) is 120 cm³/mol. The molecule has 0 radical (unpaired) electrons. The average molecular weight is 382 g/mol. The Morgan fingerprint density at radius 2 is 1.65 bits per heavy atom. The number of thiazole rings is 1. The Bertz CT molecular complexity index is 919. The molecule has 0 N–H and O–H groups in total. The molecule has 1 atom stereocenters. The normalized spacial score (nSPS) is 13.5. The van der Waals surface area contributed by atoms with Crippen molar-refractivity contribution in [2.24, 2.45) is 7.05 Å². The first-order valence-corrected chi connectivity index (χ1v) is 13.6. The molecule has 0 aliphatic rings. The zero-order chi connectivity index (χ0) is 18.9.